The first kappa shape index (κ1) is 18.9. The average Bonchev–Trinajstić information content (AvgIpc) is 3.32. The van der Waals surface area contributed by atoms with Crippen LogP contribution in [0.25, 0.3) is 0 Å². The number of carbonyl (C=O) groups is 3. The van der Waals surface area contributed by atoms with Gasteiger partial charge in [-0.15, -0.1) is 0 Å². The molecular formula is C20H21N3O6. The molecule has 1 aromatic carbocycles. The van der Waals surface area contributed by atoms with E-state index in [1.807, 2.05) is 18.2 Å². The number of nitrogens with zero attached hydrogens (tertiary/aromatic N) is 2. The molecule has 4 amide bonds. The SMILES string of the molecule is CN(C[C@@H]1COc2ccccc2O1)C(=O)CN1C(=O)N[C@](C)(c2ccco2)C1=O. The molecule has 3 heterocycles. The number of urea groups is 1. The number of para-hydroxylation sites is 2. The normalized spacial score (nSPS) is 23.1. The number of benzene rings is 1. The molecule has 0 bridgehead atoms. The minimum atomic E-state index is -1.33. The first-order valence-corrected chi connectivity index (χ1v) is 9.19. The largest absolute Gasteiger partial charge is 0.486 e. The lowest BCUT2D eigenvalue weighted by Gasteiger charge is -2.30. The van der Waals surface area contributed by atoms with Crippen LogP contribution in [0.4, 0.5) is 4.79 Å². The van der Waals surface area contributed by atoms with Gasteiger partial charge in [-0.1, -0.05) is 12.1 Å². The fourth-order valence-electron chi connectivity index (χ4n) is 3.39. The Labute approximate surface area is 167 Å². The van der Waals surface area contributed by atoms with Crippen LogP contribution in [-0.4, -0.2) is 60.5 Å². The molecule has 4 rings (SSSR count). The number of imide groups is 1. The Balaban J connectivity index is 1.38. The van der Waals surface area contributed by atoms with E-state index in [1.165, 1.54) is 11.2 Å². The number of fused-ring (bicyclic) bond motifs is 1. The van der Waals surface area contributed by atoms with Crippen molar-refractivity contribution < 1.29 is 28.3 Å². The smallest absolute Gasteiger partial charge is 0.325 e. The zero-order chi connectivity index (χ0) is 20.6. The van der Waals surface area contributed by atoms with Gasteiger partial charge in [-0.05, 0) is 31.2 Å². The molecule has 0 unspecified atom stereocenters. The summed E-state index contributed by atoms with van der Waals surface area (Å²) in [7, 11) is 1.59. The van der Waals surface area contributed by atoms with E-state index in [-0.39, 0.29) is 25.1 Å². The minimum Gasteiger partial charge on any atom is -0.486 e. The fourth-order valence-corrected chi connectivity index (χ4v) is 3.39. The summed E-state index contributed by atoms with van der Waals surface area (Å²) in [5.74, 6) is 0.665. The second-order valence-electron chi connectivity index (χ2n) is 7.20. The third-order valence-electron chi connectivity index (χ3n) is 5.05. The molecule has 9 heteroatoms. The number of carbonyl (C=O) groups excluding carboxylic acids is 3. The van der Waals surface area contributed by atoms with Gasteiger partial charge >= 0.3 is 6.03 Å². The summed E-state index contributed by atoms with van der Waals surface area (Å²) in [4.78, 5) is 40.1. The van der Waals surface area contributed by atoms with E-state index >= 15 is 0 Å². The molecule has 0 spiro atoms. The molecule has 2 aliphatic rings. The van der Waals surface area contributed by atoms with Crippen molar-refractivity contribution >= 4 is 17.8 Å². The summed E-state index contributed by atoms with van der Waals surface area (Å²) in [6, 6.07) is 9.90. The summed E-state index contributed by atoms with van der Waals surface area (Å²) >= 11 is 0. The van der Waals surface area contributed by atoms with Crippen LogP contribution in [0.5, 0.6) is 11.5 Å². The predicted octanol–water partition coefficient (Wildman–Crippen LogP) is 1.34. The van der Waals surface area contributed by atoms with Crippen LogP contribution in [-0.2, 0) is 15.1 Å². The van der Waals surface area contributed by atoms with Gasteiger partial charge in [-0.25, -0.2) is 4.79 Å². The van der Waals surface area contributed by atoms with Gasteiger partial charge in [0, 0.05) is 7.05 Å². The third kappa shape index (κ3) is 3.39. The van der Waals surface area contributed by atoms with Gasteiger partial charge in [0.25, 0.3) is 5.91 Å². The highest BCUT2D eigenvalue weighted by Crippen LogP contribution is 2.31. The van der Waals surface area contributed by atoms with Crippen molar-refractivity contribution in [3.8, 4) is 11.5 Å². The zero-order valence-electron chi connectivity index (χ0n) is 16.1. The van der Waals surface area contributed by atoms with E-state index in [0.29, 0.717) is 23.9 Å². The Bertz CT molecular complexity index is 943. The standard InChI is InChI=1S/C20H21N3O6/c1-20(16-8-5-9-27-16)18(25)23(19(26)21-20)11-17(24)22(2)10-13-12-28-14-6-3-4-7-15(14)29-13/h3-9,13H,10-12H2,1-2H3,(H,21,26)/t13-,20-/m1/s1. The molecule has 1 N–H and O–H groups in total. The van der Waals surface area contributed by atoms with E-state index in [2.05, 4.69) is 5.32 Å². The number of hydrogen-bond acceptors (Lipinski definition) is 6. The number of ether oxygens (including phenoxy) is 2. The highest BCUT2D eigenvalue weighted by Gasteiger charge is 2.51. The Morgan fingerprint density at radius 2 is 2.00 bits per heavy atom. The van der Waals surface area contributed by atoms with Crippen LogP contribution in [0.2, 0.25) is 0 Å². The van der Waals surface area contributed by atoms with Gasteiger partial charge < -0.3 is 24.1 Å². The number of amides is 4. The first-order valence-electron chi connectivity index (χ1n) is 9.19. The van der Waals surface area contributed by atoms with Crippen molar-refractivity contribution in [2.75, 3.05) is 26.7 Å². The molecule has 1 aromatic heterocycles. The number of likely N-dealkylation sites (N-methyl/N-ethyl adjacent to an activating group) is 1. The summed E-state index contributed by atoms with van der Waals surface area (Å²) in [5.41, 5.74) is -1.33. The summed E-state index contributed by atoms with van der Waals surface area (Å²) in [5, 5.41) is 2.60. The quantitative estimate of drug-likeness (QED) is 0.762. The van der Waals surface area contributed by atoms with E-state index in [9.17, 15) is 14.4 Å². The maximum atomic E-state index is 12.8. The molecule has 1 saturated heterocycles. The molecule has 0 radical (unpaired) electrons. The predicted molar refractivity (Wildman–Crippen MR) is 100 cm³/mol. The Kier molecular flexibility index (Phi) is 4.65. The molecule has 9 nitrogen and oxygen atoms in total. The number of rotatable bonds is 5. The van der Waals surface area contributed by atoms with E-state index < -0.39 is 17.5 Å². The maximum Gasteiger partial charge on any atom is 0.325 e. The van der Waals surface area contributed by atoms with Crippen LogP contribution < -0.4 is 14.8 Å². The number of hydrogen-bond donors (Lipinski definition) is 1. The fraction of sp³-hybridized carbons (Fsp3) is 0.350. The maximum absolute atomic E-state index is 12.8. The van der Waals surface area contributed by atoms with Gasteiger partial charge in [0.1, 0.15) is 18.9 Å². The lowest BCUT2D eigenvalue weighted by Crippen LogP contribution is -2.47. The van der Waals surface area contributed by atoms with Crippen LogP contribution in [0, 0.1) is 0 Å². The highest BCUT2D eigenvalue weighted by atomic mass is 16.6. The van der Waals surface area contributed by atoms with Crippen LogP contribution in [0.3, 0.4) is 0 Å². The van der Waals surface area contributed by atoms with Crippen LogP contribution in [0.15, 0.2) is 47.1 Å². The second-order valence-corrected chi connectivity index (χ2v) is 7.20. The summed E-state index contributed by atoms with van der Waals surface area (Å²) in [6.45, 7) is 1.73. The molecular weight excluding hydrogens is 378 g/mol. The summed E-state index contributed by atoms with van der Waals surface area (Å²) < 4.78 is 16.8. The average molecular weight is 399 g/mol. The number of furan rings is 1. The van der Waals surface area contributed by atoms with Crippen molar-refractivity contribution in [1.29, 1.82) is 0 Å². The van der Waals surface area contributed by atoms with Gasteiger partial charge in [-0.3, -0.25) is 14.5 Å². The molecule has 0 saturated carbocycles. The van der Waals surface area contributed by atoms with Gasteiger partial charge in [0.05, 0.1) is 12.8 Å². The van der Waals surface area contributed by atoms with Crippen molar-refractivity contribution in [2.45, 2.75) is 18.6 Å². The Morgan fingerprint density at radius 3 is 2.72 bits per heavy atom. The van der Waals surface area contributed by atoms with Gasteiger partial charge in [0.15, 0.2) is 23.1 Å². The topological polar surface area (TPSA) is 101 Å². The van der Waals surface area contributed by atoms with E-state index in [0.717, 1.165) is 4.90 Å². The molecule has 2 aliphatic heterocycles. The van der Waals surface area contributed by atoms with E-state index in [4.69, 9.17) is 13.9 Å². The second kappa shape index (κ2) is 7.16. The van der Waals surface area contributed by atoms with Gasteiger partial charge in [0.2, 0.25) is 5.91 Å². The molecule has 0 aliphatic carbocycles. The summed E-state index contributed by atoms with van der Waals surface area (Å²) in [6.07, 6.45) is 1.07. The van der Waals surface area contributed by atoms with Crippen LogP contribution in [0.1, 0.15) is 12.7 Å². The minimum absolute atomic E-state index is 0.256. The monoisotopic (exact) mass is 399 g/mol. The van der Waals surface area contributed by atoms with Crippen molar-refractivity contribution in [3.05, 3.63) is 48.4 Å². The lowest BCUT2D eigenvalue weighted by molar-refractivity contribution is -0.139. The Morgan fingerprint density at radius 1 is 1.24 bits per heavy atom. The lowest BCUT2D eigenvalue weighted by atomic mass is 9.99. The van der Waals surface area contributed by atoms with Crippen LogP contribution >= 0.6 is 0 Å². The molecule has 29 heavy (non-hydrogen) atoms. The molecule has 2 atom stereocenters. The van der Waals surface area contributed by atoms with Crippen molar-refractivity contribution in [1.82, 2.24) is 15.1 Å². The molecule has 2 aromatic rings. The Hall–Kier alpha value is -3.49. The van der Waals surface area contributed by atoms with Crippen molar-refractivity contribution in [2.24, 2.45) is 0 Å². The first-order chi connectivity index (χ1) is 13.9. The highest BCUT2D eigenvalue weighted by molar-refractivity contribution is 6.08. The molecule has 152 valence electrons. The van der Waals surface area contributed by atoms with E-state index in [1.54, 1.807) is 32.2 Å². The zero-order valence-corrected chi connectivity index (χ0v) is 16.1. The van der Waals surface area contributed by atoms with Crippen molar-refractivity contribution in [3.63, 3.8) is 0 Å². The third-order valence-corrected chi connectivity index (χ3v) is 5.05. The molecule has 1 fully saturated rings. The van der Waals surface area contributed by atoms with Gasteiger partial charge in [-0.2, -0.15) is 0 Å². The number of nitrogens with one attached hydrogen (secondary N) is 1.